The number of sulfone groups is 1. The number of aryl methyl sites for hydroxylation is 2. The van der Waals surface area contributed by atoms with Crippen molar-refractivity contribution in [3.05, 3.63) is 23.3 Å². The highest BCUT2D eigenvalue weighted by atomic mass is 32.2. The topological polar surface area (TPSA) is 92.3 Å². The molecule has 1 aliphatic rings. The summed E-state index contributed by atoms with van der Waals surface area (Å²) in [5, 5.41) is 2.84. The zero-order valence-corrected chi connectivity index (χ0v) is 14.7. The number of hydrogen-bond donors (Lipinski definition) is 1. The van der Waals surface area contributed by atoms with Gasteiger partial charge >= 0.3 is 0 Å². The zero-order chi connectivity index (χ0) is 17.0. The van der Waals surface area contributed by atoms with Crippen LogP contribution in [0.25, 0.3) is 0 Å². The highest BCUT2D eigenvalue weighted by Gasteiger charge is 2.31. The molecule has 0 spiro atoms. The molecule has 0 bridgehead atoms. The van der Waals surface area contributed by atoms with Gasteiger partial charge in [0.15, 0.2) is 9.84 Å². The molecule has 1 atom stereocenters. The van der Waals surface area contributed by atoms with Crippen LogP contribution in [0.3, 0.4) is 0 Å². The summed E-state index contributed by atoms with van der Waals surface area (Å²) < 4.78 is 22.9. The summed E-state index contributed by atoms with van der Waals surface area (Å²) in [5.74, 6) is 0.972. The SMILES string of the molecule is Cc1cc(C)nc(CCNC(=O)CN(C)C2CCS(=O)(=O)C2)n1. The van der Waals surface area contributed by atoms with E-state index in [-0.39, 0.29) is 30.0 Å². The van der Waals surface area contributed by atoms with E-state index in [0.29, 0.717) is 19.4 Å². The van der Waals surface area contributed by atoms with E-state index in [9.17, 15) is 13.2 Å². The molecule has 1 unspecified atom stereocenters. The van der Waals surface area contributed by atoms with E-state index in [4.69, 9.17) is 0 Å². The van der Waals surface area contributed by atoms with Gasteiger partial charge in [0.1, 0.15) is 5.82 Å². The first-order chi connectivity index (χ1) is 10.7. The lowest BCUT2D eigenvalue weighted by molar-refractivity contribution is -0.122. The molecule has 2 rings (SSSR count). The van der Waals surface area contributed by atoms with Crippen molar-refractivity contribution in [2.75, 3.05) is 31.6 Å². The normalized spacial score (nSPS) is 19.9. The molecule has 8 heteroatoms. The molecule has 23 heavy (non-hydrogen) atoms. The number of nitrogens with zero attached hydrogens (tertiary/aromatic N) is 3. The number of nitrogens with one attached hydrogen (secondary N) is 1. The third-order valence-electron chi connectivity index (χ3n) is 3.92. The van der Waals surface area contributed by atoms with Gasteiger partial charge in [0.25, 0.3) is 0 Å². The van der Waals surface area contributed by atoms with Crippen LogP contribution >= 0.6 is 0 Å². The van der Waals surface area contributed by atoms with Gasteiger partial charge in [-0.3, -0.25) is 9.69 Å². The summed E-state index contributed by atoms with van der Waals surface area (Å²) in [6.45, 7) is 4.51. The van der Waals surface area contributed by atoms with Gasteiger partial charge in [0.2, 0.25) is 5.91 Å². The average Bonchev–Trinajstić information content (AvgIpc) is 2.78. The van der Waals surface area contributed by atoms with Gasteiger partial charge in [-0.15, -0.1) is 0 Å². The Labute approximate surface area is 137 Å². The summed E-state index contributed by atoms with van der Waals surface area (Å²) in [6.07, 6.45) is 1.18. The first kappa shape index (κ1) is 17.8. The van der Waals surface area contributed by atoms with Crippen LogP contribution in [0.1, 0.15) is 23.6 Å². The number of aromatic nitrogens is 2. The fourth-order valence-electron chi connectivity index (χ4n) is 2.76. The zero-order valence-electron chi connectivity index (χ0n) is 13.9. The van der Waals surface area contributed by atoms with Crippen LogP contribution in [0.2, 0.25) is 0 Å². The van der Waals surface area contributed by atoms with Crippen LogP contribution < -0.4 is 5.32 Å². The van der Waals surface area contributed by atoms with Crippen molar-refractivity contribution in [3.8, 4) is 0 Å². The van der Waals surface area contributed by atoms with Crippen molar-refractivity contribution in [1.29, 1.82) is 0 Å². The number of carbonyl (C=O) groups is 1. The van der Waals surface area contributed by atoms with E-state index in [2.05, 4.69) is 15.3 Å². The number of likely N-dealkylation sites (N-methyl/N-ethyl adjacent to an activating group) is 1. The Bertz CT molecular complexity index is 655. The maximum absolute atomic E-state index is 12.0. The standard InChI is InChI=1S/C15H24N4O3S/c1-11-8-12(2)18-14(17-11)4-6-16-15(20)9-19(3)13-5-7-23(21,22)10-13/h8,13H,4-7,9-10H2,1-3H3,(H,16,20). The minimum Gasteiger partial charge on any atom is -0.355 e. The number of hydrogen-bond acceptors (Lipinski definition) is 6. The van der Waals surface area contributed by atoms with Gasteiger partial charge < -0.3 is 5.32 Å². The first-order valence-electron chi connectivity index (χ1n) is 7.74. The number of rotatable bonds is 6. The third-order valence-corrected chi connectivity index (χ3v) is 5.67. The van der Waals surface area contributed by atoms with E-state index in [1.54, 1.807) is 7.05 Å². The molecular weight excluding hydrogens is 316 g/mol. The van der Waals surface area contributed by atoms with Crippen molar-refractivity contribution in [2.24, 2.45) is 0 Å². The van der Waals surface area contributed by atoms with E-state index in [0.717, 1.165) is 17.2 Å². The van der Waals surface area contributed by atoms with Crippen LogP contribution in [0.5, 0.6) is 0 Å². The molecule has 0 aromatic carbocycles. The van der Waals surface area contributed by atoms with Crippen LogP contribution in [0.4, 0.5) is 0 Å². The van der Waals surface area contributed by atoms with Gasteiger partial charge in [-0.2, -0.15) is 0 Å². The highest BCUT2D eigenvalue weighted by Crippen LogP contribution is 2.15. The van der Waals surface area contributed by atoms with Crippen LogP contribution in [0, 0.1) is 13.8 Å². The predicted octanol–water partition coefficient (Wildman–Crippen LogP) is -0.129. The van der Waals surface area contributed by atoms with E-state index >= 15 is 0 Å². The highest BCUT2D eigenvalue weighted by molar-refractivity contribution is 7.91. The van der Waals surface area contributed by atoms with Gasteiger partial charge in [0, 0.05) is 30.4 Å². The van der Waals surface area contributed by atoms with E-state index in [1.807, 2.05) is 24.8 Å². The van der Waals surface area contributed by atoms with Gasteiger partial charge in [-0.05, 0) is 33.4 Å². The van der Waals surface area contributed by atoms with Gasteiger partial charge in [0.05, 0.1) is 18.1 Å². The second-order valence-corrected chi connectivity index (χ2v) is 8.37. The molecule has 1 aromatic rings. The second kappa shape index (κ2) is 7.35. The molecule has 0 saturated carbocycles. The lowest BCUT2D eigenvalue weighted by Crippen LogP contribution is -2.41. The maximum Gasteiger partial charge on any atom is 0.234 e. The number of carbonyl (C=O) groups excluding carboxylic acids is 1. The van der Waals surface area contributed by atoms with Crippen molar-refractivity contribution in [1.82, 2.24) is 20.2 Å². The smallest absolute Gasteiger partial charge is 0.234 e. The fraction of sp³-hybridized carbons (Fsp3) is 0.667. The molecule has 1 amide bonds. The largest absolute Gasteiger partial charge is 0.355 e. The van der Waals surface area contributed by atoms with Crippen molar-refractivity contribution >= 4 is 15.7 Å². The Morgan fingerprint density at radius 1 is 1.35 bits per heavy atom. The maximum atomic E-state index is 12.0. The Morgan fingerprint density at radius 2 is 2.00 bits per heavy atom. The molecule has 128 valence electrons. The van der Waals surface area contributed by atoms with Crippen molar-refractivity contribution in [2.45, 2.75) is 32.7 Å². The summed E-state index contributed by atoms with van der Waals surface area (Å²) in [5.41, 5.74) is 1.84. The van der Waals surface area contributed by atoms with Crippen molar-refractivity contribution < 1.29 is 13.2 Å². The summed E-state index contributed by atoms with van der Waals surface area (Å²) in [7, 11) is -1.14. The Morgan fingerprint density at radius 3 is 2.57 bits per heavy atom. The molecule has 1 fully saturated rings. The summed E-state index contributed by atoms with van der Waals surface area (Å²) >= 11 is 0. The Hall–Kier alpha value is -1.54. The molecule has 0 aliphatic carbocycles. The van der Waals surface area contributed by atoms with Crippen molar-refractivity contribution in [3.63, 3.8) is 0 Å². The van der Waals surface area contributed by atoms with Crippen LogP contribution in [-0.2, 0) is 21.1 Å². The monoisotopic (exact) mass is 340 g/mol. The summed E-state index contributed by atoms with van der Waals surface area (Å²) in [4.78, 5) is 22.4. The molecule has 1 aliphatic heterocycles. The number of amides is 1. The average molecular weight is 340 g/mol. The van der Waals surface area contributed by atoms with Crippen LogP contribution in [0.15, 0.2) is 6.07 Å². The molecular formula is C15H24N4O3S. The quantitative estimate of drug-likeness (QED) is 0.776. The molecule has 1 aromatic heterocycles. The minimum atomic E-state index is -2.93. The third kappa shape index (κ3) is 5.54. The lowest BCUT2D eigenvalue weighted by atomic mass is 10.2. The molecule has 2 heterocycles. The Balaban J connectivity index is 1.75. The molecule has 0 radical (unpaired) electrons. The predicted molar refractivity (Wildman–Crippen MR) is 87.9 cm³/mol. The van der Waals surface area contributed by atoms with Gasteiger partial charge in [-0.25, -0.2) is 18.4 Å². The first-order valence-corrected chi connectivity index (χ1v) is 9.56. The van der Waals surface area contributed by atoms with Gasteiger partial charge in [-0.1, -0.05) is 0 Å². The minimum absolute atomic E-state index is 0.0616. The molecule has 1 saturated heterocycles. The fourth-order valence-corrected chi connectivity index (χ4v) is 4.56. The van der Waals surface area contributed by atoms with E-state index in [1.165, 1.54) is 0 Å². The Kier molecular flexibility index (Phi) is 5.69. The van der Waals surface area contributed by atoms with E-state index < -0.39 is 9.84 Å². The molecule has 7 nitrogen and oxygen atoms in total. The summed E-state index contributed by atoms with van der Waals surface area (Å²) in [6, 6.07) is 1.85. The van der Waals surface area contributed by atoms with Crippen LogP contribution in [-0.4, -0.2) is 66.9 Å². The second-order valence-electron chi connectivity index (χ2n) is 6.14. The molecule has 1 N–H and O–H groups in total. The lowest BCUT2D eigenvalue weighted by Gasteiger charge is -2.22.